The zero-order valence-corrected chi connectivity index (χ0v) is 24.8. The first-order valence-corrected chi connectivity index (χ1v) is 15.4. The van der Waals surface area contributed by atoms with Crippen molar-refractivity contribution in [3.63, 3.8) is 0 Å². The molecule has 2 saturated heterocycles. The average molecular weight is 571 g/mol. The SMILES string of the molecule is CN1CCC(CC2CNCCN2Cc2ccc(C(=O)NN(c3nc(C#N)nc4c3ncn4C)C3CCCC3)cc2)CC1. The predicted molar refractivity (Wildman–Crippen MR) is 162 cm³/mol. The standard InChI is InChI=1S/C31H42N10O/c1-38-14-11-22(12-15-38)17-26-19-33-13-16-40(26)20-23-7-9-24(10-8-23)31(42)37-41(25-5-3-4-6-25)30-28-29(39(2)21-34-28)35-27(18-32)36-30/h7-10,21-22,25-26,33H,3-6,11-17,19-20H2,1-2H3,(H,37,42). The maximum absolute atomic E-state index is 13.6. The third-order valence-corrected chi connectivity index (χ3v) is 9.30. The second kappa shape index (κ2) is 12.7. The van der Waals surface area contributed by atoms with Crippen LogP contribution in [-0.2, 0) is 13.6 Å². The van der Waals surface area contributed by atoms with Crippen LogP contribution >= 0.6 is 0 Å². The zero-order valence-electron chi connectivity index (χ0n) is 24.8. The van der Waals surface area contributed by atoms with Crippen molar-refractivity contribution in [1.82, 2.24) is 40.1 Å². The maximum Gasteiger partial charge on any atom is 0.269 e. The van der Waals surface area contributed by atoms with Gasteiger partial charge in [0.25, 0.3) is 5.91 Å². The van der Waals surface area contributed by atoms with Crippen LogP contribution in [0.15, 0.2) is 30.6 Å². The fourth-order valence-electron chi connectivity index (χ4n) is 6.79. The van der Waals surface area contributed by atoms with Gasteiger partial charge in [-0.2, -0.15) is 15.2 Å². The van der Waals surface area contributed by atoms with E-state index in [1.165, 1.54) is 37.9 Å². The first-order valence-electron chi connectivity index (χ1n) is 15.4. The number of likely N-dealkylation sites (tertiary alicyclic amines) is 1. The summed E-state index contributed by atoms with van der Waals surface area (Å²) >= 11 is 0. The van der Waals surface area contributed by atoms with E-state index >= 15 is 0 Å². The van der Waals surface area contributed by atoms with E-state index in [1.54, 1.807) is 10.9 Å². The number of carbonyl (C=O) groups is 1. The van der Waals surface area contributed by atoms with Gasteiger partial charge in [0.15, 0.2) is 17.0 Å². The van der Waals surface area contributed by atoms with E-state index < -0.39 is 0 Å². The molecule has 3 aromatic rings. The van der Waals surface area contributed by atoms with Crippen molar-refractivity contribution in [2.45, 2.75) is 63.6 Å². The molecule has 3 aliphatic rings. The monoisotopic (exact) mass is 570 g/mol. The Labute approximate surface area is 247 Å². The number of hydrogen-bond donors (Lipinski definition) is 2. The highest BCUT2D eigenvalue weighted by Crippen LogP contribution is 2.30. The van der Waals surface area contributed by atoms with Crippen molar-refractivity contribution in [2.24, 2.45) is 13.0 Å². The van der Waals surface area contributed by atoms with E-state index in [4.69, 9.17) is 0 Å². The Morgan fingerprint density at radius 2 is 1.86 bits per heavy atom. The average Bonchev–Trinajstić information content (AvgIpc) is 3.68. The molecule has 1 atom stereocenters. The lowest BCUT2D eigenvalue weighted by Crippen LogP contribution is -2.51. The molecule has 2 aromatic heterocycles. The first-order chi connectivity index (χ1) is 20.5. The highest BCUT2D eigenvalue weighted by Gasteiger charge is 2.30. The minimum Gasteiger partial charge on any atom is -0.318 e. The number of amides is 1. The molecule has 11 nitrogen and oxygen atoms in total. The summed E-state index contributed by atoms with van der Waals surface area (Å²) in [4.78, 5) is 32.0. The summed E-state index contributed by atoms with van der Waals surface area (Å²) < 4.78 is 1.77. The molecular formula is C31H42N10O. The smallest absolute Gasteiger partial charge is 0.269 e. The number of hydrazine groups is 1. The number of nitrogens with one attached hydrogen (secondary N) is 2. The van der Waals surface area contributed by atoms with Crippen LogP contribution < -0.4 is 15.8 Å². The number of carbonyl (C=O) groups excluding carboxylic acids is 1. The number of aryl methyl sites for hydroxylation is 1. The molecule has 1 unspecified atom stereocenters. The predicted octanol–water partition coefficient (Wildman–Crippen LogP) is 2.83. The van der Waals surface area contributed by atoms with Gasteiger partial charge in [-0.05, 0) is 75.9 Å². The lowest BCUT2D eigenvalue weighted by atomic mass is 9.89. The van der Waals surface area contributed by atoms with Gasteiger partial charge in [-0.3, -0.25) is 20.1 Å². The van der Waals surface area contributed by atoms with Gasteiger partial charge >= 0.3 is 0 Å². The normalized spacial score (nSPS) is 21.0. The lowest BCUT2D eigenvalue weighted by Gasteiger charge is -2.39. The van der Waals surface area contributed by atoms with Crippen molar-refractivity contribution >= 4 is 22.9 Å². The van der Waals surface area contributed by atoms with E-state index in [0.717, 1.165) is 57.8 Å². The molecule has 1 saturated carbocycles. The van der Waals surface area contributed by atoms with Crippen LogP contribution in [0.3, 0.4) is 0 Å². The summed E-state index contributed by atoms with van der Waals surface area (Å²) in [5, 5.41) is 15.0. The van der Waals surface area contributed by atoms with Crippen molar-refractivity contribution in [1.29, 1.82) is 5.26 Å². The van der Waals surface area contributed by atoms with Crippen LogP contribution in [-0.4, -0.2) is 87.1 Å². The first kappa shape index (κ1) is 28.5. The summed E-state index contributed by atoms with van der Waals surface area (Å²) in [6, 6.07) is 10.7. The number of aromatic nitrogens is 4. The van der Waals surface area contributed by atoms with E-state index in [0.29, 0.717) is 28.6 Å². The van der Waals surface area contributed by atoms with Crippen LogP contribution in [0.5, 0.6) is 0 Å². The van der Waals surface area contributed by atoms with Gasteiger partial charge in [0, 0.05) is 44.8 Å². The van der Waals surface area contributed by atoms with Gasteiger partial charge < -0.3 is 14.8 Å². The molecule has 4 heterocycles. The molecule has 2 N–H and O–H groups in total. The molecule has 1 aliphatic carbocycles. The Hall–Kier alpha value is -3.59. The summed E-state index contributed by atoms with van der Waals surface area (Å²) in [5.74, 6) is 1.14. The van der Waals surface area contributed by atoms with Crippen molar-refractivity contribution < 1.29 is 4.79 Å². The number of anilines is 1. The van der Waals surface area contributed by atoms with Crippen LogP contribution in [0, 0.1) is 17.2 Å². The molecule has 0 bridgehead atoms. The Bertz CT molecular complexity index is 1420. The molecule has 2 aliphatic heterocycles. The van der Waals surface area contributed by atoms with E-state index in [-0.39, 0.29) is 17.8 Å². The van der Waals surface area contributed by atoms with Crippen LogP contribution in [0.2, 0.25) is 0 Å². The Balaban J connectivity index is 1.16. The van der Waals surface area contributed by atoms with Crippen molar-refractivity contribution in [2.75, 3.05) is 44.8 Å². The van der Waals surface area contributed by atoms with E-state index in [9.17, 15) is 10.1 Å². The number of nitriles is 1. The van der Waals surface area contributed by atoms with Gasteiger partial charge in [0.1, 0.15) is 6.07 Å². The lowest BCUT2D eigenvalue weighted by molar-refractivity contribution is 0.0943. The number of benzene rings is 1. The summed E-state index contributed by atoms with van der Waals surface area (Å²) in [5.41, 5.74) is 6.08. The van der Waals surface area contributed by atoms with Crippen molar-refractivity contribution in [3.8, 4) is 6.07 Å². The summed E-state index contributed by atoms with van der Waals surface area (Å²) in [6.07, 6.45) is 9.52. The molecule has 42 heavy (non-hydrogen) atoms. The molecule has 0 radical (unpaired) electrons. The van der Waals surface area contributed by atoms with Crippen LogP contribution in [0.1, 0.15) is 66.7 Å². The minimum absolute atomic E-state index is 0.0599. The van der Waals surface area contributed by atoms with Gasteiger partial charge in [-0.1, -0.05) is 25.0 Å². The Kier molecular flexibility index (Phi) is 8.65. The van der Waals surface area contributed by atoms with E-state index in [2.05, 4.69) is 60.7 Å². The molecule has 222 valence electrons. The molecule has 1 amide bonds. The topological polar surface area (TPSA) is 118 Å². The van der Waals surface area contributed by atoms with Gasteiger partial charge in [0.05, 0.1) is 12.4 Å². The molecule has 6 rings (SSSR count). The quantitative estimate of drug-likeness (QED) is 0.394. The number of fused-ring (bicyclic) bond motifs is 1. The maximum atomic E-state index is 13.6. The minimum atomic E-state index is -0.197. The molecule has 1 aromatic carbocycles. The van der Waals surface area contributed by atoms with E-state index in [1.807, 2.05) is 24.2 Å². The van der Waals surface area contributed by atoms with Gasteiger partial charge in [0.2, 0.25) is 5.82 Å². The second-order valence-electron chi connectivity index (χ2n) is 12.3. The zero-order chi connectivity index (χ0) is 29.1. The van der Waals surface area contributed by atoms with Crippen LogP contribution in [0.4, 0.5) is 5.82 Å². The number of imidazole rings is 1. The largest absolute Gasteiger partial charge is 0.318 e. The Morgan fingerprint density at radius 1 is 1.10 bits per heavy atom. The second-order valence-corrected chi connectivity index (χ2v) is 12.3. The van der Waals surface area contributed by atoms with Gasteiger partial charge in [-0.15, -0.1) is 0 Å². The molecular weight excluding hydrogens is 528 g/mol. The Morgan fingerprint density at radius 3 is 2.60 bits per heavy atom. The van der Waals surface area contributed by atoms with Crippen LogP contribution in [0.25, 0.3) is 11.2 Å². The number of piperazine rings is 1. The summed E-state index contributed by atoms with van der Waals surface area (Å²) in [6.45, 7) is 6.41. The third kappa shape index (κ3) is 6.26. The summed E-state index contributed by atoms with van der Waals surface area (Å²) in [7, 11) is 4.06. The molecule has 0 spiro atoms. The highest BCUT2D eigenvalue weighted by atomic mass is 16.2. The molecule has 3 fully saturated rings. The number of piperidine rings is 1. The van der Waals surface area contributed by atoms with Crippen molar-refractivity contribution in [3.05, 3.63) is 47.5 Å². The molecule has 11 heteroatoms. The highest BCUT2D eigenvalue weighted by molar-refractivity contribution is 5.96. The number of hydrogen-bond acceptors (Lipinski definition) is 9. The third-order valence-electron chi connectivity index (χ3n) is 9.30. The fourth-order valence-corrected chi connectivity index (χ4v) is 6.79. The van der Waals surface area contributed by atoms with Gasteiger partial charge in [-0.25, -0.2) is 4.98 Å². The number of rotatable bonds is 8. The fraction of sp³-hybridized carbons (Fsp3) is 0.581. The number of nitrogens with zero attached hydrogens (tertiary/aromatic N) is 8.